The molecule has 7 heteroatoms. The molecule has 0 radical (unpaired) electrons. The standard InChI is InChI=1S/C23H21F3N2O2/c1-30-20-12-5-7-16(13-20)15-27-21(17-8-3-2-4-9-17)22(29)28-19-11-6-10-18(14-19)23(24,25)26/h2-14,21,27H,15H2,1H3,(H,28,29)/p+1/t21-/m1/s1. The predicted molar refractivity (Wildman–Crippen MR) is 108 cm³/mol. The number of nitrogens with one attached hydrogen (secondary N) is 1. The molecule has 0 saturated carbocycles. The molecule has 0 fully saturated rings. The highest BCUT2D eigenvalue weighted by Gasteiger charge is 2.31. The first kappa shape index (κ1) is 21.4. The van der Waals surface area contributed by atoms with Crippen LogP contribution in [0.4, 0.5) is 18.9 Å². The first-order valence-electron chi connectivity index (χ1n) is 9.36. The maximum absolute atomic E-state index is 13.0. The molecule has 0 aliphatic carbocycles. The highest BCUT2D eigenvalue weighted by molar-refractivity contribution is 5.94. The van der Waals surface area contributed by atoms with Crippen LogP contribution in [0.3, 0.4) is 0 Å². The third kappa shape index (κ3) is 5.61. The second-order valence-electron chi connectivity index (χ2n) is 6.75. The summed E-state index contributed by atoms with van der Waals surface area (Å²) >= 11 is 0. The predicted octanol–water partition coefficient (Wildman–Crippen LogP) is 4.16. The summed E-state index contributed by atoms with van der Waals surface area (Å²) in [6.45, 7) is 0.493. The fourth-order valence-corrected chi connectivity index (χ4v) is 3.10. The topological polar surface area (TPSA) is 54.9 Å². The number of hydrogen-bond donors (Lipinski definition) is 2. The van der Waals surface area contributed by atoms with Crippen LogP contribution in [0.1, 0.15) is 22.7 Å². The lowest BCUT2D eigenvalue weighted by atomic mass is 10.1. The van der Waals surface area contributed by atoms with Gasteiger partial charge in [-0.2, -0.15) is 13.2 Å². The van der Waals surface area contributed by atoms with Crippen molar-refractivity contribution in [3.05, 3.63) is 95.6 Å². The first-order valence-corrected chi connectivity index (χ1v) is 9.36. The van der Waals surface area contributed by atoms with E-state index in [2.05, 4.69) is 5.32 Å². The summed E-state index contributed by atoms with van der Waals surface area (Å²) in [5.41, 5.74) is 1.01. The number of benzene rings is 3. The van der Waals surface area contributed by atoms with Gasteiger partial charge in [0, 0.05) is 16.8 Å². The van der Waals surface area contributed by atoms with E-state index >= 15 is 0 Å². The summed E-state index contributed by atoms with van der Waals surface area (Å²) in [5.74, 6) is 0.314. The van der Waals surface area contributed by atoms with Crippen molar-refractivity contribution in [3.63, 3.8) is 0 Å². The molecule has 1 atom stereocenters. The molecule has 0 saturated heterocycles. The highest BCUT2D eigenvalue weighted by Crippen LogP contribution is 2.30. The number of anilines is 1. The molecule has 0 spiro atoms. The average molecular weight is 415 g/mol. The molecular weight excluding hydrogens is 393 g/mol. The van der Waals surface area contributed by atoms with Crippen LogP contribution in [0.5, 0.6) is 5.75 Å². The minimum absolute atomic E-state index is 0.102. The lowest BCUT2D eigenvalue weighted by Gasteiger charge is -2.17. The van der Waals surface area contributed by atoms with Gasteiger partial charge in [0.15, 0.2) is 6.04 Å². The highest BCUT2D eigenvalue weighted by atomic mass is 19.4. The Morgan fingerprint density at radius 3 is 2.43 bits per heavy atom. The van der Waals surface area contributed by atoms with E-state index in [1.807, 2.05) is 59.9 Å². The largest absolute Gasteiger partial charge is 0.497 e. The van der Waals surface area contributed by atoms with Gasteiger partial charge in [-0.3, -0.25) is 4.79 Å². The molecule has 4 nitrogen and oxygen atoms in total. The van der Waals surface area contributed by atoms with E-state index in [-0.39, 0.29) is 5.69 Å². The summed E-state index contributed by atoms with van der Waals surface area (Å²) in [7, 11) is 1.58. The lowest BCUT2D eigenvalue weighted by Crippen LogP contribution is -2.85. The van der Waals surface area contributed by atoms with Crippen molar-refractivity contribution < 1.29 is 28.0 Å². The smallest absolute Gasteiger partial charge is 0.416 e. The number of ether oxygens (including phenoxy) is 1. The Kier molecular flexibility index (Phi) is 6.74. The zero-order chi connectivity index (χ0) is 21.6. The number of amides is 1. The van der Waals surface area contributed by atoms with E-state index in [0.717, 1.165) is 23.3 Å². The Bertz CT molecular complexity index is 991. The van der Waals surface area contributed by atoms with Gasteiger partial charge in [-0.05, 0) is 30.3 Å². The van der Waals surface area contributed by atoms with Crippen LogP contribution in [0, 0.1) is 0 Å². The monoisotopic (exact) mass is 415 g/mol. The molecule has 3 rings (SSSR count). The Morgan fingerprint density at radius 1 is 1.00 bits per heavy atom. The number of quaternary nitrogens is 1. The summed E-state index contributed by atoms with van der Waals surface area (Å²) in [6.07, 6.45) is -4.47. The maximum atomic E-state index is 13.0. The molecule has 0 bridgehead atoms. The van der Waals surface area contributed by atoms with Gasteiger partial charge >= 0.3 is 6.18 Å². The summed E-state index contributed by atoms with van der Waals surface area (Å²) < 4.78 is 44.1. The number of halogens is 3. The van der Waals surface area contributed by atoms with Crippen molar-refractivity contribution in [2.75, 3.05) is 12.4 Å². The molecule has 0 aromatic heterocycles. The fourth-order valence-electron chi connectivity index (χ4n) is 3.10. The van der Waals surface area contributed by atoms with Crippen molar-refractivity contribution in [2.24, 2.45) is 0 Å². The summed E-state index contributed by atoms with van der Waals surface area (Å²) in [6, 6.07) is 20.6. The molecule has 3 aromatic carbocycles. The lowest BCUT2D eigenvalue weighted by molar-refractivity contribution is -0.697. The van der Waals surface area contributed by atoms with Crippen LogP contribution < -0.4 is 15.4 Å². The van der Waals surface area contributed by atoms with Gasteiger partial charge < -0.3 is 15.4 Å². The molecule has 30 heavy (non-hydrogen) atoms. The SMILES string of the molecule is COc1cccc(C[NH2+][C@@H](C(=O)Nc2cccc(C(F)(F)F)c2)c2ccccc2)c1. The molecule has 156 valence electrons. The van der Waals surface area contributed by atoms with Crippen molar-refractivity contribution in [1.82, 2.24) is 0 Å². The van der Waals surface area contributed by atoms with Gasteiger partial charge in [-0.25, -0.2) is 0 Å². The molecule has 0 aliphatic rings. The Balaban J connectivity index is 1.79. The average Bonchev–Trinajstić information content (AvgIpc) is 2.74. The minimum Gasteiger partial charge on any atom is -0.497 e. The molecule has 0 heterocycles. The van der Waals surface area contributed by atoms with Gasteiger partial charge in [0.2, 0.25) is 0 Å². The van der Waals surface area contributed by atoms with E-state index in [0.29, 0.717) is 12.3 Å². The number of alkyl halides is 3. The first-order chi connectivity index (χ1) is 14.4. The van der Waals surface area contributed by atoms with Crippen LogP contribution in [0.15, 0.2) is 78.9 Å². The van der Waals surface area contributed by atoms with E-state index in [1.54, 1.807) is 7.11 Å². The van der Waals surface area contributed by atoms with E-state index in [9.17, 15) is 18.0 Å². The Labute approximate surface area is 172 Å². The van der Waals surface area contributed by atoms with E-state index in [1.165, 1.54) is 12.1 Å². The third-order valence-electron chi connectivity index (χ3n) is 4.62. The number of rotatable bonds is 7. The Morgan fingerprint density at radius 2 is 1.73 bits per heavy atom. The van der Waals surface area contributed by atoms with Crippen LogP contribution in [-0.2, 0) is 17.5 Å². The second kappa shape index (κ2) is 9.45. The molecule has 1 amide bonds. The third-order valence-corrected chi connectivity index (χ3v) is 4.62. The van der Waals surface area contributed by atoms with E-state index < -0.39 is 23.7 Å². The van der Waals surface area contributed by atoms with Crippen molar-refractivity contribution in [2.45, 2.75) is 18.8 Å². The number of carbonyl (C=O) groups excluding carboxylic acids is 1. The van der Waals surface area contributed by atoms with Crippen molar-refractivity contribution in [1.29, 1.82) is 0 Å². The van der Waals surface area contributed by atoms with Crippen LogP contribution >= 0.6 is 0 Å². The van der Waals surface area contributed by atoms with Gasteiger partial charge in [0.25, 0.3) is 5.91 Å². The van der Waals surface area contributed by atoms with Crippen LogP contribution in [-0.4, -0.2) is 13.0 Å². The fraction of sp³-hybridized carbons (Fsp3) is 0.174. The molecular formula is C23H22F3N2O2+. The van der Waals surface area contributed by atoms with Gasteiger partial charge in [-0.1, -0.05) is 48.5 Å². The van der Waals surface area contributed by atoms with Crippen LogP contribution in [0.25, 0.3) is 0 Å². The quantitative estimate of drug-likeness (QED) is 0.609. The summed E-state index contributed by atoms with van der Waals surface area (Å²) in [4.78, 5) is 13.0. The number of nitrogens with two attached hydrogens (primary N) is 1. The van der Waals surface area contributed by atoms with Gasteiger partial charge in [0.1, 0.15) is 12.3 Å². The zero-order valence-electron chi connectivity index (χ0n) is 16.3. The minimum atomic E-state index is -4.47. The van der Waals surface area contributed by atoms with Crippen molar-refractivity contribution in [3.8, 4) is 5.75 Å². The van der Waals surface area contributed by atoms with Crippen LogP contribution in [0.2, 0.25) is 0 Å². The number of methoxy groups -OCH3 is 1. The normalized spacial score (nSPS) is 12.3. The molecule has 0 aliphatic heterocycles. The van der Waals surface area contributed by atoms with Gasteiger partial charge in [0.05, 0.1) is 12.7 Å². The van der Waals surface area contributed by atoms with Gasteiger partial charge in [-0.15, -0.1) is 0 Å². The second-order valence-corrected chi connectivity index (χ2v) is 6.75. The number of hydrogen-bond acceptors (Lipinski definition) is 2. The molecule has 3 aromatic rings. The maximum Gasteiger partial charge on any atom is 0.416 e. The zero-order valence-corrected chi connectivity index (χ0v) is 16.3. The molecule has 0 unspecified atom stereocenters. The number of carbonyl (C=O) groups is 1. The summed E-state index contributed by atoms with van der Waals surface area (Å²) in [5, 5.41) is 4.46. The molecule has 3 N–H and O–H groups in total. The van der Waals surface area contributed by atoms with E-state index in [4.69, 9.17) is 4.74 Å². The Hall–Kier alpha value is -3.32. The van der Waals surface area contributed by atoms with Crippen molar-refractivity contribution >= 4 is 11.6 Å².